The Morgan fingerprint density at radius 3 is 1.28 bits per heavy atom. The smallest absolute Gasteiger partial charge is 0.411 e. The molecule has 0 saturated carbocycles. The Balaban J connectivity index is 3.01. The van der Waals surface area contributed by atoms with Crippen LogP contribution in [0.1, 0.15) is 122 Å². The maximum atomic E-state index is 10.6. The van der Waals surface area contributed by atoms with E-state index in [1.165, 1.54) is 109 Å². The first-order valence-electron chi connectivity index (χ1n) is 10.9. The minimum Gasteiger partial charge on any atom is -0.455 e. The van der Waals surface area contributed by atoms with Crippen molar-refractivity contribution in [1.82, 2.24) is 0 Å². The van der Waals surface area contributed by atoms with Crippen LogP contribution in [0.3, 0.4) is 0 Å². The molecule has 3 heteroatoms. The van der Waals surface area contributed by atoms with Crippen LogP contribution in [0.25, 0.3) is 0 Å². The van der Waals surface area contributed by atoms with Crippen LogP contribution < -0.4 is 0 Å². The Morgan fingerprint density at radius 1 is 0.640 bits per heavy atom. The van der Waals surface area contributed by atoms with E-state index >= 15 is 0 Å². The van der Waals surface area contributed by atoms with Gasteiger partial charge in [0.1, 0.15) is 0 Å². The van der Waals surface area contributed by atoms with Gasteiger partial charge in [-0.1, -0.05) is 116 Å². The average molecular weight is 352 g/mol. The van der Waals surface area contributed by atoms with Crippen molar-refractivity contribution in [3.05, 3.63) is 0 Å². The van der Waals surface area contributed by atoms with Crippen molar-refractivity contribution in [1.29, 1.82) is 5.26 Å². The second-order valence-electron chi connectivity index (χ2n) is 7.26. The number of esters is 1. The molecule has 0 unspecified atom stereocenters. The van der Waals surface area contributed by atoms with E-state index in [0.717, 1.165) is 12.8 Å². The lowest BCUT2D eigenvalue weighted by Crippen LogP contribution is -2.02. The van der Waals surface area contributed by atoms with Gasteiger partial charge >= 0.3 is 5.97 Å². The van der Waals surface area contributed by atoms with Gasteiger partial charge in [0.15, 0.2) is 6.07 Å². The standard InChI is InChI=1S/C22H41NO2/c1-2-3-4-5-6-7-8-9-10-11-12-13-14-15-16-17-18-19-20-25-22(24)21-23/h2-20H2,1H3. The number of nitriles is 1. The van der Waals surface area contributed by atoms with Gasteiger partial charge in [-0.25, -0.2) is 4.79 Å². The Labute approximate surface area is 156 Å². The van der Waals surface area contributed by atoms with Crippen LogP contribution in [-0.2, 0) is 9.53 Å². The van der Waals surface area contributed by atoms with Crippen molar-refractivity contribution in [3.63, 3.8) is 0 Å². The average Bonchev–Trinajstić information content (AvgIpc) is 2.63. The van der Waals surface area contributed by atoms with Gasteiger partial charge < -0.3 is 4.74 Å². The second-order valence-corrected chi connectivity index (χ2v) is 7.26. The lowest BCUT2D eigenvalue weighted by Gasteiger charge is -2.04. The lowest BCUT2D eigenvalue weighted by atomic mass is 10.0. The normalized spacial score (nSPS) is 10.6. The van der Waals surface area contributed by atoms with Crippen molar-refractivity contribution < 1.29 is 9.53 Å². The minimum absolute atomic E-state index is 0.394. The number of rotatable bonds is 19. The minimum atomic E-state index is -0.757. The van der Waals surface area contributed by atoms with E-state index in [2.05, 4.69) is 6.92 Å². The van der Waals surface area contributed by atoms with Crippen LogP contribution in [0.15, 0.2) is 0 Å². The van der Waals surface area contributed by atoms with Crippen molar-refractivity contribution in [3.8, 4) is 6.07 Å². The zero-order chi connectivity index (χ0) is 18.4. The highest BCUT2D eigenvalue weighted by atomic mass is 16.5. The highest BCUT2D eigenvalue weighted by molar-refractivity contribution is 5.85. The summed E-state index contributed by atoms with van der Waals surface area (Å²) >= 11 is 0. The van der Waals surface area contributed by atoms with Crippen LogP contribution in [0.4, 0.5) is 0 Å². The van der Waals surface area contributed by atoms with E-state index in [9.17, 15) is 4.79 Å². The van der Waals surface area contributed by atoms with Crippen LogP contribution in [0.2, 0.25) is 0 Å². The van der Waals surface area contributed by atoms with E-state index < -0.39 is 5.97 Å². The van der Waals surface area contributed by atoms with Crippen LogP contribution in [0.5, 0.6) is 0 Å². The molecule has 0 aromatic heterocycles. The van der Waals surface area contributed by atoms with Crippen molar-refractivity contribution >= 4 is 5.97 Å². The summed E-state index contributed by atoms with van der Waals surface area (Å²) in [5.74, 6) is -0.757. The maximum absolute atomic E-state index is 10.6. The maximum Gasteiger partial charge on any atom is 0.411 e. The Bertz CT molecular complexity index is 322. The van der Waals surface area contributed by atoms with Gasteiger partial charge in [0.2, 0.25) is 0 Å². The first-order chi connectivity index (χ1) is 12.3. The number of hydrogen-bond acceptors (Lipinski definition) is 3. The largest absolute Gasteiger partial charge is 0.455 e. The number of ether oxygens (including phenoxy) is 1. The molecular formula is C22H41NO2. The Morgan fingerprint density at radius 2 is 0.960 bits per heavy atom. The van der Waals surface area contributed by atoms with Crippen LogP contribution >= 0.6 is 0 Å². The van der Waals surface area contributed by atoms with Crippen molar-refractivity contribution in [2.75, 3.05) is 6.61 Å². The van der Waals surface area contributed by atoms with Gasteiger partial charge in [0.05, 0.1) is 6.61 Å². The molecule has 0 aromatic carbocycles. The molecule has 0 radical (unpaired) electrons. The Kier molecular flexibility index (Phi) is 20.1. The third-order valence-corrected chi connectivity index (χ3v) is 4.82. The van der Waals surface area contributed by atoms with E-state index in [4.69, 9.17) is 10.00 Å². The third-order valence-electron chi connectivity index (χ3n) is 4.82. The van der Waals surface area contributed by atoms with Crippen molar-refractivity contribution in [2.24, 2.45) is 0 Å². The lowest BCUT2D eigenvalue weighted by molar-refractivity contribution is -0.137. The van der Waals surface area contributed by atoms with Gasteiger partial charge in [-0.3, -0.25) is 0 Å². The summed E-state index contributed by atoms with van der Waals surface area (Å²) < 4.78 is 4.72. The zero-order valence-electron chi connectivity index (χ0n) is 16.7. The van der Waals surface area contributed by atoms with Gasteiger partial charge in [-0.15, -0.1) is 0 Å². The summed E-state index contributed by atoms with van der Waals surface area (Å²) in [6.45, 7) is 2.67. The van der Waals surface area contributed by atoms with Crippen LogP contribution in [0, 0.1) is 11.3 Å². The molecular weight excluding hydrogens is 310 g/mol. The molecule has 0 aliphatic rings. The molecule has 0 aliphatic heterocycles. The zero-order valence-corrected chi connectivity index (χ0v) is 16.7. The fourth-order valence-electron chi connectivity index (χ4n) is 3.20. The summed E-state index contributed by atoms with van der Waals surface area (Å²) in [5, 5.41) is 8.26. The highest BCUT2D eigenvalue weighted by Crippen LogP contribution is 2.14. The molecule has 3 nitrogen and oxygen atoms in total. The molecule has 0 amide bonds. The predicted octanol–water partition coefficient (Wildman–Crippen LogP) is 7.09. The molecule has 0 heterocycles. The van der Waals surface area contributed by atoms with Gasteiger partial charge in [0, 0.05) is 0 Å². The number of carbonyl (C=O) groups excluding carboxylic acids is 1. The quantitative estimate of drug-likeness (QED) is 0.142. The molecule has 0 saturated heterocycles. The monoisotopic (exact) mass is 351 g/mol. The molecule has 0 atom stereocenters. The van der Waals surface area contributed by atoms with Gasteiger partial charge in [-0.05, 0) is 6.42 Å². The topological polar surface area (TPSA) is 50.1 Å². The summed E-state index contributed by atoms with van der Waals surface area (Å²) in [5.41, 5.74) is 0. The number of carbonyl (C=O) groups is 1. The summed E-state index contributed by atoms with van der Waals surface area (Å²) in [4.78, 5) is 10.6. The number of unbranched alkanes of at least 4 members (excludes halogenated alkanes) is 17. The number of hydrogen-bond donors (Lipinski definition) is 0. The Hall–Kier alpha value is -1.04. The first kappa shape index (κ1) is 24.0. The third kappa shape index (κ3) is 20.9. The molecule has 25 heavy (non-hydrogen) atoms. The summed E-state index contributed by atoms with van der Waals surface area (Å²) in [6.07, 6.45) is 24.2. The van der Waals surface area contributed by atoms with Crippen molar-refractivity contribution in [2.45, 2.75) is 122 Å². The summed E-state index contributed by atoms with van der Waals surface area (Å²) in [7, 11) is 0. The SMILES string of the molecule is CCCCCCCCCCCCCCCCCCCCOC(=O)C#N. The fraction of sp³-hybridized carbons (Fsp3) is 0.909. The molecule has 0 spiro atoms. The highest BCUT2D eigenvalue weighted by Gasteiger charge is 1.98. The van der Waals surface area contributed by atoms with Gasteiger partial charge in [0.25, 0.3) is 0 Å². The molecule has 0 rings (SSSR count). The molecule has 0 fully saturated rings. The number of nitrogens with zero attached hydrogens (tertiary/aromatic N) is 1. The van der Waals surface area contributed by atoms with E-state index in [1.54, 1.807) is 0 Å². The fourth-order valence-corrected chi connectivity index (χ4v) is 3.20. The molecule has 0 N–H and O–H groups in total. The first-order valence-corrected chi connectivity index (χ1v) is 10.9. The van der Waals surface area contributed by atoms with Gasteiger partial charge in [-0.2, -0.15) is 5.26 Å². The predicted molar refractivity (Wildman–Crippen MR) is 105 cm³/mol. The molecule has 0 aliphatic carbocycles. The van der Waals surface area contributed by atoms with Crippen LogP contribution in [-0.4, -0.2) is 12.6 Å². The summed E-state index contributed by atoms with van der Waals surface area (Å²) in [6, 6.07) is 1.46. The molecule has 146 valence electrons. The van der Waals surface area contributed by atoms with E-state index in [1.807, 2.05) is 0 Å². The second kappa shape index (κ2) is 21.0. The van der Waals surface area contributed by atoms with E-state index in [0.29, 0.717) is 6.61 Å². The molecule has 0 aromatic rings. The van der Waals surface area contributed by atoms with E-state index in [-0.39, 0.29) is 0 Å². The molecule has 0 bridgehead atoms.